The van der Waals surface area contributed by atoms with Gasteiger partial charge in [-0.1, -0.05) is 24.3 Å². The molecule has 22 heavy (non-hydrogen) atoms. The third-order valence-electron chi connectivity index (χ3n) is 4.91. The van der Waals surface area contributed by atoms with E-state index in [9.17, 15) is 0 Å². The minimum atomic E-state index is 0.423. The zero-order chi connectivity index (χ0) is 15.1. The zero-order valence-electron chi connectivity index (χ0n) is 12.7. The average Bonchev–Trinajstić information content (AvgIpc) is 3.14. The molecule has 0 bridgehead atoms. The van der Waals surface area contributed by atoms with Crippen LogP contribution in [0.15, 0.2) is 48.7 Å². The van der Waals surface area contributed by atoms with Crippen molar-refractivity contribution in [3.05, 3.63) is 65.4 Å². The molecule has 4 rings (SSSR count). The van der Waals surface area contributed by atoms with Crippen LogP contribution in [-0.2, 0) is 0 Å². The van der Waals surface area contributed by atoms with Gasteiger partial charge in [0, 0.05) is 29.1 Å². The van der Waals surface area contributed by atoms with Crippen LogP contribution >= 0.6 is 0 Å². The molecule has 1 heterocycles. The van der Waals surface area contributed by atoms with Crippen LogP contribution in [0, 0.1) is 0 Å². The Balaban J connectivity index is 1.83. The van der Waals surface area contributed by atoms with E-state index in [0.717, 1.165) is 17.7 Å². The molecule has 3 nitrogen and oxygen atoms in total. The van der Waals surface area contributed by atoms with Crippen molar-refractivity contribution in [2.45, 2.75) is 18.3 Å². The minimum absolute atomic E-state index is 0.423. The molecule has 1 aliphatic rings. The van der Waals surface area contributed by atoms with E-state index in [1.807, 2.05) is 6.07 Å². The van der Waals surface area contributed by atoms with Gasteiger partial charge in [-0.2, -0.15) is 0 Å². The number of nitrogens with one attached hydrogen (secondary N) is 1. The van der Waals surface area contributed by atoms with Crippen molar-refractivity contribution in [2.24, 2.45) is 5.73 Å². The first-order valence-corrected chi connectivity index (χ1v) is 7.75. The smallest absolute Gasteiger partial charge is 0.120 e. The van der Waals surface area contributed by atoms with E-state index in [1.54, 1.807) is 7.11 Å². The van der Waals surface area contributed by atoms with Crippen molar-refractivity contribution in [1.29, 1.82) is 0 Å². The van der Waals surface area contributed by atoms with Gasteiger partial charge in [0.2, 0.25) is 0 Å². The molecule has 3 aromatic rings. The van der Waals surface area contributed by atoms with Gasteiger partial charge in [-0.05, 0) is 47.7 Å². The normalized spacial score (nSPS) is 20.3. The molecule has 3 heteroatoms. The summed E-state index contributed by atoms with van der Waals surface area (Å²) in [6.45, 7) is 0.712. The van der Waals surface area contributed by atoms with Gasteiger partial charge < -0.3 is 15.5 Å². The Morgan fingerprint density at radius 3 is 2.73 bits per heavy atom. The van der Waals surface area contributed by atoms with E-state index in [2.05, 4.69) is 47.6 Å². The van der Waals surface area contributed by atoms with Gasteiger partial charge in [0.05, 0.1) is 7.11 Å². The number of H-pyrrole nitrogens is 1. The SMILES string of the molecule is COc1ccc2c([C@@H]3C[C@@H](CN)c4ccccc43)c[nH]c2c1. The number of nitrogens with two attached hydrogens (primary N) is 1. The predicted octanol–water partition coefficient (Wildman–Crippen LogP) is 3.75. The summed E-state index contributed by atoms with van der Waals surface area (Å²) >= 11 is 0. The van der Waals surface area contributed by atoms with Crippen LogP contribution in [0.4, 0.5) is 0 Å². The maximum absolute atomic E-state index is 5.99. The lowest BCUT2D eigenvalue weighted by Gasteiger charge is -2.11. The van der Waals surface area contributed by atoms with Crippen LogP contribution in [0.1, 0.15) is 34.9 Å². The first-order valence-electron chi connectivity index (χ1n) is 7.75. The summed E-state index contributed by atoms with van der Waals surface area (Å²) in [5.41, 5.74) is 11.3. The molecule has 0 amide bonds. The van der Waals surface area contributed by atoms with Crippen molar-refractivity contribution in [3.63, 3.8) is 0 Å². The fourth-order valence-corrected chi connectivity index (χ4v) is 3.80. The maximum atomic E-state index is 5.99. The average molecular weight is 292 g/mol. The molecule has 3 N–H and O–H groups in total. The highest BCUT2D eigenvalue weighted by atomic mass is 16.5. The van der Waals surface area contributed by atoms with Crippen LogP contribution in [0.5, 0.6) is 5.75 Å². The van der Waals surface area contributed by atoms with Gasteiger partial charge in [0.25, 0.3) is 0 Å². The Hall–Kier alpha value is -2.26. The highest BCUT2D eigenvalue weighted by Gasteiger charge is 2.32. The van der Waals surface area contributed by atoms with Crippen molar-refractivity contribution in [3.8, 4) is 5.75 Å². The fourth-order valence-electron chi connectivity index (χ4n) is 3.80. The quantitative estimate of drug-likeness (QED) is 0.772. The van der Waals surface area contributed by atoms with Crippen molar-refractivity contribution >= 4 is 10.9 Å². The standard InChI is InChI=1S/C19H20N2O/c1-22-13-6-7-16-18(11-21-19(16)9-13)17-8-12(10-20)14-4-2-3-5-15(14)17/h2-7,9,11-12,17,21H,8,10,20H2,1H3/t12-,17+/m0/s1. The van der Waals surface area contributed by atoms with Crippen LogP contribution in [0.2, 0.25) is 0 Å². The number of benzene rings is 2. The van der Waals surface area contributed by atoms with Gasteiger partial charge in [-0.15, -0.1) is 0 Å². The van der Waals surface area contributed by atoms with Gasteiger partial charge in [-0.25, -0.2) is 0 Å². The van der Waals surface area contributed by atoms with Crippen molar-refractivity contribution in [1.82, 2.24) is 4.98 Å². The molecule has 0 saturated heterocycles. The second kappa shape index (κ2) is 5.18. The number of hydrogen-bond acceptors (Lipinski definition) is 2. The molecule has 0 aliphatic heterocycles. The van der Waals surface area contributed by atoms with E-state index in [4.69, 9.17) is 10.5 Å². The molecular weight excluding hydrogens is 272 g/mol. The first-order chi connectivity index (χ1) is 10.8. The van der Waals surface area contributed by atoms with Crippen LogP contribution in [0.3, 0.4) is 0 Å². The highest BCUT2D eigenvalue weighted by molar-refractivity contribution is 5.85. The van der Waals surface area contributed by atoms with Gasteiger partial charge >= 0.3 is 0 Å². The number of hydrogen-bond donors (Lipinski definition) is 2. The van der Waals surface area contributed by atoms with Crippen LogP contribution < -0.4 is 10.5 Å². The Kier molecular flexibility index (Phi) is 3.16. The second-order valence-corrected chi connectivity index (χ2v) is 6.01. The Labute approximate surface area is 130 Å². The zero-order valence-corrected chi connectivity index (χ0v) is 12.7. The summed E-state index contributed by atoms with van der Waals surface area (Å²) in [5, 5.41) is 1.28. The number of methoxy groups -OCH3 is 1. The summed E-state index contributed by atoms with van der Waals surface area (Å²) < 4.78 is 5.31. The van der Waals surface area contributed by atoms with Crippen LogP contribution in [-0.4, -0.2) is 18.6 Å². The number of rotatable bonds is 3. The Morgan fingerprint density at radius 2 is 1.95 bits per heavy atom. The predicted molar refractivity (Wildman–Crippen MR) is 89.5 cm³/mol. The summed E-state index contributed by atoms with van der Waals surface area (Å²) in [7, 11) is 1.70. The van der Waals surface area contributed by atoms with Gasteiger partial charge in [-0.3, -0.25) is 0 Å². The van der Waals surface area contributed by atoms with E-state index in [0.29, 0.717) is 18.4 Å². The monoisotopic (exact) mass is 292 g/mol. The largest absolute Gasteiger partial charge is 0.497 e. The number of ether oxygens (including phenoxy) is 1. The first kappa shape index (κ1) is 13.4. The summed E-state index contributed by atoms with van der Waals surface area (Å²) in [6.07, 6.45) is 3.24. The molecule has 1 aliphatic carbocycles. The molecule has 2 aromatic carbocycles. The fraction of sp³-hybridized carbons (Fsp3) is 0.263. The van der Waals surface area contributed by atoms with E-state index < -0.39 is 0 Å². The molecule has 112 valence electrons. The molecule has 0 saturated carbocycles. The molecule has 0 radical (unpaired) electrons. The molecule has 2 atom stereocenters. The topological polar surface area (TPSA) is 51.0 Å². The highest BCUT2D eigenvalue weighted by Crippen LogP contribution is 2.46. The maximum Gasteiger partial charge on any atom is 0.120 e. The molecule has 0 fully saturated rings. The third-order valence-corrected chi connectivity index (χ3v) is 4.91. The van der Waals surface area contributed by atoms with Gasteiger partial charge in [0.15, 0.2) is 0 Å². The van der Waals surface area contributed by atoms with E-state index >= 15 is 0 Å². The number of aromatic amines is 1. The lowest BCUT2D eigenvalue weighted by Crippen LogP contribution is -2.09. The van der Waals surface area contributed by atoms with Crippen LogP contribution in [0.25, 0.3) is 10.9 Å². The molecule has 0 spiro atoms. The lowest BCUT2D eigenvalue weighted by atomic mass is 9.92. The molecule has 1 aromatic heterocycles. The Bertz CT molecular complexity index is 821. The van der Waals surface area contributed by atoms with Crippen molar-refractivity contribution < 1.29 is 4.74 Å². The van der Waals surface area contributed by atoms with Gasteiger partial charge in [0.1, 0.15) is 5.75 Å². The van der Waals surface area contributed by atoms with E-state index in [1.165, 1.54) is 22.1 Å². The Morgan fingerprint density at radius 1 is 1.14 bits per heavy atom. The molecule has 0 unspecified atom stereocenters. The lowest BCUT2D eigenvalue weighted by molar-refractivity contribution is 0.415. The number of aromatic nitrogens is 1. The second-order valence-electron chi connectivity index (χ2n) is 6.01. The minimum Gasteiger partial charge on any atom is -0.497 e. The summed E-state index contributed by atoms with van der Waals surface area (Å²) in [6, 6.07) is 15.0. The third kappa shape index (κ3) is 1.93. The number of fused-ring (bicyclic) bond motifs is 2. The molecular formula is C19H20N2O. The van der Waals surface area contributed by atoms with Crippen molar-refractivity contribution in [2.75, 3.05) is 13.7 Å². The summed E-state index contributed by atoms with van der Waals surface area (Å²) in [4.78, 5) is 3.39. The summed E-state index contributed by atoms with van der Waals surface area (Å²) in [5.74, 6) is 1.77. The van der Waals surface area contributed by atoms with E-state index in [-0.39, 0.29) is 0 Å².